The molecule has 0 radical (unpaired) electrons. The van der Waals surface area contributed by atoms with Gasteiger partial charge >= 0.3 is 0 Å². The highest BCUT2D eigenvalue weighted by molar-refractivity contribution is 5.86. The molecule has 0 saturated carbocycles. The standard InChI is InChI=1S/C20H20F2N2O4/c1-12-7-14-8-15(4-5-16(14)28-12)27-9-13-3-2-6-24(17(13)18(21)22)20(19(23)25)10-26-11-20/h2-8,17-18H,9-11H2,1H3,(H2,23,25). The molecule has 2 N–H and O–H groups in total. The summed E-state index contributed by atoms with van der Waals surface area (Å²) < 4.78 is 44.3. The predicted molar refractivity (Wildman–Crippen MR) is 98.0 cm³/mol. The zero-order valence-corrected chi connectivity index (χ0v) is 15.2. The lowest BCUT2D eigenvalue weighted by Crippen LogP contribution is -2.71. The number of rotatable bonds is 6. The Kier molecular flexibility index (Phi) is 4.58. The van der Waals surface area contributed by atoms with Crippen molar-refractivity contribution in [2.75, 3.05) is 19.8 Å². The number of amides is 1. The van der Waals surface area contributed by atoms with Crippen molar-refractivity contribution < 1.29 is 27.5 Å². The molecule has 2 aliphatic heterocycles. The Bertz CT molecular complexity index is 962. The summed E-state index contributed by atoms with van der Waals surface area (Å²) in [4.78, 5) is 13.3. The van der Waals surface area contributed by atoms with Crippen molar-refractivity contribution in [1.82, 2.24) is 4.90 Å². The number of furan rings is 1. The van der Waals surface area contributed by atoms with E-state index in [2.05, 4.69) is 0 Å². The summed E-state index contributed by atoms with van der Waals surface area (Å²) >= 11 is 0. The van der Waals surface area contributed by atoms with Crippen LogP contribution in [0, 0.1) is 6.92 Å². The molecule has 28 heavy (non-hydrogen) atoms. The molecule has 3 heterocycles. The molecule has 2 aliphatic rings. The fourth-order valence-electron chi connectivity index (χ4n) is 3.58. The van der Waals surface area contributed by atoms with Gasteiger partial charge in [0.2, 0.25) is 5.91 Å². The van der Waals surface area contributed by atoms with E-state index in [0.717, 1.165) is 16.7 Å². The van der Waals surface area contributed by atoms with Gasteiger partial charge in [0.25, 0.3) is 6.43 Å². The summed E-state index contributed by atoms with van der Waals surface area (Å²) in [5.74, 6) is 0.636. The molecule has 2 aromatic rings. The van der Waals surface area contributed by atoms with Gasteiger partial charge in [0.1, 0.15) is 29.7 Å². The van der Waals surface area contributed by atoms with E-state index in [1.54, 1.807) is 30.4 Å². The number of fused-ring (bicyclic) bond motifs is 1. The fourth-order valence-corrected chi connectivity index (χ4v) is 3.58. The van der Waals surface area contributed by atoms with E-state index in [-0.39, 0.29) is 19.8 Å². The van der Waals surface area contributed by atoms with Crippen molar-refractivity contribution in [2.24, 2.45) is 5.73 Å². The monoisotopic (exact) mass is 390 g/mol. The van der Waals surface area contributed by atoms with E-state index in [0.29, 0.717) is 11.3 Å². The van der Waals surface area contributed by atoms with Crippen molar-refractivity contribution in [3.05, 3.63) is 54.0 Å². The molecule has 0 aliphatic carbocycles. The molecule has 1 aromatic heterocycles. The van der Waals surface area contributed by atoms with E-state index < -0.39 is 23.9 Å². The number of alkyl halides is 2. The van der Waals surface area contributed by atoms with Crippen LogP contribution in [0.2, 0.25) is 0 Å². The summed E-state index contributed by atoms with van der Waals surface area (Å²) in [7, 11) is 0. The maximum Gasteiger partial charge on any atom is 0.262 e. The normalized spacial score (nSPS) is 20.9. The molecular weight excluding hydrogens is 370 g/mol. The van der Waals surface area contributed by atoms with Crippen molar-refractivity contribution in [1.29, 1.82) is 0 Å². The maximum atomic E-state index is 13.9. The molecule has 4 rings (SSSR count). The lowest BCUT2D eigenvalue weighted by atomic mass is 9.89. The van der Waals surface area contributed by atoms with Crippen LogP contribution in [0.25, 0.3) is 11.0 Å². The first-order valence-corrected chi connectivity index (χ1v) is 8.85. The minimum Gasteiger partial charge on any atom is -0.489 e. The quantitative estimate of drug-likeness (QED) is 0.821. The van der Waals surface area contributed by atoms with Gasteiger partial charge in [-0.2, -0.15) is 0 Å². The zero-order valence-electron chi connectivity index (χ0n) is 15.2. The molecule has 148 valence electrons. The topological polar surface area (TPSA) is 77.9 Å². The first-order chi connectivity index (χ1) is 13.4. The second-order valence-electron chi connectivity index (χ2n) is 7.00. The van der Waals surface area contributed by atoms with E-state index in [1.807, 2.05) is 13.0 Å². The number of hydrogen-bond acceptors (Lipinski definition) is 5. The number of nitrogens with zero attached hydrogens (tertiary/aromatic N) is 1. The van der Waals surface area contributed by atoms with Gasteiger partial charge in [-0.05, 0) is 42.8 Å². The van der Waals surface area contributed by atoms with Gasteiger partial charge in [0, 0.05) is 11.6 Å². The van der Waals surface area contributed by atoms with Crippen LogP contribution in [-0.2, 0) is 9.53 Å². The minimum atomic E-state index is -2.73. The van der Waals surface area contributed by atoms with Gasteiger partial charge in [-0.15, -0.1) is 0 Å². The Hall–Kier alpha value is -2.87. The third-order valence-corrected chi connectivity index (χ3v) is 5.13. The summed E-state index contributed by atoms with van der Waals surface area (Å²) in [6.45, 7) is 1.77. The Morgan fingerprint density at radius 1 is 1.39 bits per heavy atom. The Labute approximate surface area is 160 Å². The highest BCUT2D eigenvalue weighted by Gasteiger charge is 2.53. The summed E-state index contributed by atoms with van der Waals surface area (Å²) in [6, 6.07) is 5.86. The van der Waals surface area contributed by atoms with Gasteiger partial charge in [-0.25, -0.2) is 8.78 Å². The van der Waals surface area contributed by atoms with E-state index in [1.165, 1.54) is 11.1 Å². The van der Waals surface area contributed by atoms with Gasteiger partial charge < -0.3 is 24.5 Å². The number of allylic oxidation sites excluding steroid dienone is 2. The highest BCUT2D eigenvalue weighted by Crippen LogP contribution is 2.35. The third kappa shape index (κ3) is 3.03. The van der Waals surface area contributed by atoms with E-state index in [4.69, 9.17) is 19.6 Å². The molecule has 1 unspecified atom stereocenters. The Morgan fingerprint density at radius 3 is 2.82 bits per heavy atom. The molecule has 1 aromatic carbocycles. The first-order valence-electron chi connectivity index (χ1n) is 8.85. The SMILES string of the molecule is Cc1cc2cc(OCC3=CC=CN(C4(C(N)=O)COC4)C3C(F)F)ccc2o1. The van der Waals surface area contributed by atoms with Crippen LogP contribution in [0.3, 0.4) is 0 Å². The number of benzene rings is 1. The molecule has 1 fully saturated rings. The van der Waals surface area contributed by atoms with Crippen LogP contribution in [-0.4, -0.2) is 48.6 Å². The number of aryl methyl sites for hydroxylation is 1. The second-order valence-corrected chi connectivity index (χ2v) is 7.00. The zero-order chi connectivity index (χ0) is 19.9. The van der Waals surface area contributed by atoms with Crippen LogP contribution in [0.5, 0.6) is 5.75 Å². The number of carbonyl (C=O) groups excluding carboxylic acids is 1. The lowest BCUT2D eigenvalue weighted by Gasteiger charge is -2.50. The number of halogens is 2. The molecule has 0 bridgehead atoms. The average molecular weight is 390 g/mol. The number of ether oxygens (including phenoxy) is 2. The van der Waals surface area contributed by atoms with Crippen LogP contribution in [0.15, 0.2) is 52.6 Å². The number of nitrogens with two attached hydrogens (primary N) is 1. The van der Waals surface area contributed by atoms with Gasteiger partial charge in [-0.1, -0.05) is 6.08 Å². The molecular formula is C20H20F2N2O4. The molecule has 1 amide bonds. The van der Waals surface area contributed by atoms with Crippen LogP contribution < -0.4 is 10.5 Å². The van der Waals surface area contributed by atoms with Gasteiger partial charge in [0.05, 0.1) is 13.2 Å². The fraction of sp³-hybridized carbons (Fsp3) is 0.350. The third-order valence-electron chi connectivity index (χ3n) is 5.13. The molecule has 1 atom stereocenters. The molecule has 8 heteroatoms. The van der Waals surface area contributed by atoms with Crippen LogP contribution in [0.1, 0.15) is 5.76 Å². The van der Waals surface area contributed by atoms with Crippen molar-refractivity contribution in [3.63, 3.8) is 0 Å². The van der Waals surface area contributed by atoms with Gasteiger partial charge in [0.15, 0.2) is 5.54 Å². The highest BCUT2D eigenvalue weighted by atomic mass is 19.3. The Balaban J connectivity index is 1.54. The number of carbonyl (C=O) groups is 1. The molecule has 6 nitrogen and oxygen atoms in total. The van der Waals surface area contributed by atoms with Crippen molar-refractivity contribution >= 4 is 16.9 Å². The van der Waals surface area contributed by atoms with Crippen LogP contribution >= 0.6 is 0 Å². The largest absolute Gasteiger partial charge is 0.489 e. The second kappa shape index (κ2) is 6.94. The van der Waals surface area contributed by atoms with Gasteiger partial charge in [-0.3, -0.25) is 4.79 Å². The molecule has 0 spiro atoms. The van der Waals surface area contributed by atoms with E-state index >= 15 is 0 Å². The lowest BCUT2D eigenvalue weighted by molar-refractivity contribution is -0.169. The summed E-state index contributed by atoms with van der Waals surface area (Å²) in [5, 5.41) is 0.874. The average Bonchev–Trinajstić information content (AvgIpc) is 2.97. The maximum absolute atomic E-state index is 13.9. The van der Waals surface area contributed by atoms with E-state index in [9.17, 15) is 13.6 Å². The summed E-state index contributed by atoms with van der Waals surface area (Å²) in [5.41, 5.74) is 5.32. The minimum absolute atomic E-state index is 0.0134. The van der Waals surface area contributed by atoms with Crippen molar-refractivity contribution in [3.8, 4) is 5.75 Å². The first kappa shape index (κ1) is 18.5. The van der Waals surface area contributed by atoms with Crippen LogP contribution in [0.4, 0.5) is 8.78 Å². The Morgan fingerprint density at radius 2 is 2.18 bits per heavy atom. The number of primary amides is 1. The number of hydrogen-bond donors (Lipinski definition) is 1. The summed E-state index contributed by atoms with van der Waals surface area (Å²) in [6.07, 6.45) is 1.94. The predicted octanol–water partition coefficient (Wildman–Crippen LogP) is 2.76. The molecule has 1 saturated heterocycles. The van der Waals surface area contributed by atoms with Crippen molar-refractivity contribution in [2.45, 2.75) is 24.9 Å². The smallest absolute Gasteiger partial charge is 0.262 e.